The number of carboxylic acid groups (broad SMARTS) is 1. The summed E-state index contributed by atoms with van der Waals surface area (Å²) in [6, 6.07) is 16.2. The van der Waals surface area contributed by atoms with Gasteiger partial charge in [0.2, 0.25) is 0 Å². The SMILES string of the molecule is O=C(O)c1cccc2ccc(-c3ccc(Cl)cc3)nc12. The highest BCUT2D eigenvalue weighted by Crippen LogP contribution is 2.24. The number of hydrogen-bond donors (Lipinski definition) is 1. The Hall–Kier alpha value is -2.39. The third-order valence-corrected chi connectivity index (χ3v) is 3.34. The number of halogens is 1. The highest BCUT2D eigenvalue weighted by atomic mass is 35.5. The molecule has 0 amide bonds. The number of hydrogen-bond acceptors (Lipinski definition) is 2. The fraction of sp³-hybridized carbons (Fsp3) is 0. The van der Waals surface area contributed by atoms with Crippen LogP contribution in [0.5, 0.6) is 0 Å². The van der Waals surface area contributed by atoms with Crippen molar-refractivity contribution in [2.75, 3.05) is 0 Å². The molecule has 1 heterocycles. The molecule has 0 unspecified atom stereocenters. The Labute approximate surface area is 120 Å². The second-order valence-electron chi connectivity index (χ2n) is 4.39. The van der Waals surface area contributed by atoms with Crippen molar-refractivity contribution in [1.82, 2.24) is 4.98 Å². The molecule has 0 aliphatic heterocycles. The molecule has 4 heteroatoms. The first-order valence-electron chi connectivity index (χ1n) is 6.04. The maximum Gasteiger partial charge on any atom is 0.337 e. The van der Waals surface area contributed by atoms with Gasteiger partial charge in [-0.2, -0.15) is 0 Å². The second kappa shape index (κ2) is 4.94. The summed E-state index contributed by atoms with van der Waals surface area (Å²) in [4.78, 5) is 15.7. The molecule has 0 spiro atoms. The van der Waals surface area contributed by atoms with Gasteiger partial charge in [-0.1, -0.05) is 41.9 Å². The molecule has 3 nitrogen and oxygen atoms in total. The summed E-state index contributed by atoms with van der Waals surface area (Å²) >= 11 is 5.86. The van der Waals surface area contributed by atoms with Crippen LogP contribution in [0.4, 0.5) is 0 Å². The molecule has 0 bridgehead atoms. The van der Waals surface area contributed by atoms with Crippen molar-refractivity contribution in [3.8, 4) is 11.3 Å². The van der Waals surface area contributed by atoms with E-state index >= 15 is 0 Å². The molecule has 98 valence electrons. The number of para-hydroxylation sites is 1. The molecule has 20 heavy (non-hydrogen) atoms. The zero-order valence-electron chi connectivity index (χ0n) is 10.4. The molecule has 0 saturated heterocycles. The zero-order valence-corrected chi connectivity index (χ0v) is 11.1. The molecule has 0 aliphatic rings. The van der Waals surface area contributed by atoms with Crippen molar-refractivity contribution in [3.63, 3.8) is 0 Å². The summed E-state index contributed by atoms with van der Waals surface area (Å²) in [7, 11) is 0. The zero-order chi connectivity index (χ0) is 14.1. The molecular formula is C16H10ClNO2. The minimum atomic E-state index is -0.976. The van der Waals surface area contributed by atoms with E-state index in [9.17, 15) is 9.90 Å². The third kappa shape index (κ3) is 2.24. The smallest absolute Gasteiger partial charge is 0.337 e. The standard InChI is InChI=1S/C16H10ClNO2/c17-12-7-4-10(5-8-12)14-9-6-11-2-1-3-13(16(19)20)15(11)18-14/h1-9H,(H,19,20). The molecule has 2 aromatic carbocycles. The van der Waals surface area contributed by atoms with Gasteiger partial charge in [0.15, 0.2) is 0 Å². The number of aromatic carboxylic acids is 1. The van der Waals surface area contributed by atoms with Gasteiger partial charge in [0.05, 0.1) is 16.8 Å². The molecule has 0 atom stereocenters. The van der Waals surface area contributed by atoms with Crippen LogP contribution in [0, 0.1) is 0 Å². The Kier molecular flexibility index (Phi) is 3.12. The number of pyridine rings is 1. The van der Waals surface area contributed by atoms with E-state index in [1.807, 2.05) is 30.3 Å². The lowest BCUT2D eigenvalue weighted by atomic mass is 10.1. The van der Waals surface area contributed by atoms with Crippen LogP contribution in [0.15, 0.2) is 54.6 Å². The van der Waals surface area contributed by atoms with Gasteiger partial charge in [0, 0.05) is 16.0 Å². The van der Waals surface area contributed by atoms with Crippen LogP contribution in [0.25, 0.3) is 22.2 Å². The van der Waals surface area contributed by atoms with Crippen LogP contribution in [0.3, 0.4) is 0 Å². The Balaban J connectivity index is 2.21. The normalized spacial score (nSPS) is 10.7. The average Bonchev–Trinajstić information content (AvgIpc) is 2.46. The van der Waals surface area contributed by atoms with E-state index in [0.717, 1.165) is 16.6 Å². The quantitative estimate of drug-likeness (QED) is 0.765. The van der Waals surface area contributed by atoms with E-state index in [1.165, 1.54) is 0 Å². The van der Waals surface area contributed by atoms with Crippen molar-refractivity contribution < 1.29 is 9.90 Å². The Bertz CT molecular complexity index is 797. The Morgan fingerprint density at radius 3 is 2.45 bits per heavy atom. The first kappa shape index (κ1) is 12.6. The van der Waals surface area contributed by atoms with Gasteiger partial charge in [-0.05, 0) is 24.3 Å². The minimum absolute atomic E-state index is 0.207. The van der Waals surface area contributed by atoms with E-state index in [1.54, 1.807) is 24.3 Å². The Morgan fingerprint density at radius 1 is 1.00 bits per heavy atom. The van der Waals surface area contributed by atoms with Crippen LogP contribution < -0.4 is 0 Å². The molecule has 3 aromatic rings. The fourth-order valence-electron chi connectivity index (χ4n) is 2.10. The van der Waals surface area contributed by atoms with E-state index in [2.05, 4.69) is 4.98 Å². The lowest BCUT2D eigenvalue weighted by molar-refractivity contribution is 0.0699. The summed E-state index contributed by atoms with van der Waals surface area (Å²) in [5.74, 6) is -0.976. The summed E-state index contributed by atoms with van der Waals surface area (Å²) in [5, 5.41) is 10.7. The van der Waals surface area contributed by atoms with Crippen LogP contribution in [0.1, 0.15) is 10.4 Å². The molecular weight excluding hydrogens is 274 g/mol. The van der Waals surface area contributed by atoms with E-state index in [-0.39, 0.29) is 5.56 Å². The number of fused-ring (bicyclic) bond motifs is 1. The van der Waals surface area contributed by atoms with Gasteiger partial charge in [-0.3, -0.25) is 0 Å². The van der Waals surface area contributed by atoms with E-state index in [0.29, 0.717) is 10.5 Å². The first-order chi connectivity index (χ1) is 9.65. The monoisotopic (exact) mass is 283 g/mol. The topological polar surface area (TPSA) is 50.2 Å². The third-order valence-electron chi connectivity index (χ3n) is 3.09. The van der Waals surface area contributed by atoms with Crippen LogP contribution in [-0.2, 0) is 0 Å². The maximum atomic E-state index is 11.2. The molecule has 0 saturated carbocycles. The predicted molar refractivity (Wildman–Crippen MR) is 79.1 cm³/mol. The number of nitrogens with zero attached hydrogens (tertiary/aromatic N) is 1. The number of rotatable bonds is 2. The molecule has 0 radical (unpaired) electrons. The van der Waals surface area contributed by atoms with Gasteiger partial charge in [0.1, 0.15) is 0 Å². The molecule has 0 aliphatic carbocycles. The van der Waals surface area contributed by atoms with Gasteiger partial charge >= 0.3 is 5.97 Å². The van der Waals surface area contributed by atoms with Crippen LogP contribution >= 0.6 is 11.6 Å². The number of benzene rings is 2. The predicted octanol–water partition coefficient (Wildman–Crippen LogP) is 4.25. The number of aromatic nitrogens is 1. The van der Waals surface area contributed by atoms with Crippen molar-refractivity contribution in [2.24, 2.45) is 0 Å². The largest absolute Gasteiger partial charge is 0.478 e. The Morgan fingerprint density at radius 2 is 1.75 bits per heavy atom. The van der Waals surface area contributed by atoms with E-state index in [4.69, 9.17) is 11.6 Å². The molecule has 0 fully saturated rings. The van der Waals surface area contributed by atoms with Crippen molar-refractivity contribution >= 4 is 28.5 Å². The van der Waals surface area contributed by atoms with Crippen molar-refractivity contribution in [1.29, 1.82) is 0 Å². The van der Waals surface area contributed by atoms with Crippen LogP contribution in [0.2, 0.25) is 5.02 Å². The summed E-state index contributed by atoms with van der Waals surface area (Å²) in [6.45, 7) is 0. The van der Waals surface area contributed by atoms with Crippen LogP contribution in [-0.4, -0.2) is 16.1 Å². The lowest BCUT2D eigenvalue weighted by Gasteiger charge is -2.05. The molecule has 3 rings (SSSR count). The van der Waals surface area contributed by atoms with Gasteiger partial charge in [-0.25, -0.2) is 9.78 Å². The summed E-state index contributed by atoms with van der Waals surface area (Å²) in [6.07, 6.45) is 0. The highest BCUT2D eigenvalue weighted by molar-refractivity contribution is 6.30. The van der Waals surface area contributed by atoms with Gasteiger partial charge in [0.25, 0.3) is 0 Å². The summed E-state index contributed by atoms with van der Waals surface area (Å²) in [5.41, 5.74) is 2.32. The maximum absolute atomic E-state index is 11.2. The van der Waals surface area contributed by atoms with E-state index < -0.39 is 5.97 Å². The highest BCUT2D eigenvalue weighted by Gasteiger charge is 2.10. The van der Waals surface area contributed by atoms with Crippen molar-refractivity contribution in [3.05, 3.63) is 65.2 Å². The fourth-order valence-corrected chi connectivity index (χ4v) is 2.23. The lowest BCUT2D eigenvalue weighted by Crippen LogP contribution is -1.99. The first-order valence-corrected chi connectivity index (χ1v) is 6.42. The number of carboxylic acids is 1. The average molecular weight is 284 g/mol. The van der Waals surface area contributed by atoms with Gasteiger partial charge < -0.3 is 5.11 Å². The number of carbonyl (C=O) groups is 1. The second-order valence-corrected chi connectivity index (χ2v) is 4.82. The minimum Gasteiger partial charge on any atom is -0.478 e. The van der Waals surface area contributed by atoms with Gasteiger partial charge in [-0.15, -0.1) is 0 Å². The molecule has 1 N–H and O–H groups in total. The van der Waals surface area contributed by atoms with Crippen molar-refractivity contribution in [2.45, 2.75) is 0 Å². The summed E-state index contributed by atoms with van der Waals surface area (Å²) < 4.78 is 0. The molecule has 1 aromatic heterocycles.